The number of rotatable bonds is 4. The molecule has 2 N–H and O–H groups in total. The molecule has 8 unspecified atom stereocenters. The molecule has 4 bridgehead atoms. The molecule has 4 rings (SSSR count). The van der Waals surface area contributed by atoms with Gasteiger partial charge in [0, 0.05) is 12.5 Å². The van der Waals surface area contributed by atoms with Crippen molar-refractivity contribution in [2.24, 2.45) is 47.3 Å². The average molecular weight is 290 g/mol. The third-order valence-electron chi connectivity index (χ3n) is 6.99. The predicted octanol–water partition coefficient (Wildman–Crippen LogP) is 2.65. The van der Waals surface area contributed by atoms with E-state index in [1.54, 1.807) is 0 Å². The molecule has 0 aromatic rings. The van der Waals surface area contributed by atoms with Crippen LogP contribution in [0.15, 0.2) is 12.2 Å². The Morgan fingerprint density at radius 2 is 1.67 bits per heavy atom. The number of aliphatic carboxylic acids is 2. The highest BCUT2D eigenvalue weighted by molar-refractivity contribution is 5.79. The minimum Gasteiger partial charge on any atom is -0.481 e. The van der Waals surface area contributed by atoms with Crippen LogP contribution in [0.1, 0.15) is 32.1 Å². The van der Waals surface area contributed by atoms with Crippen LogP contribution in [0, 0.1) is 47.3 Å². The Labute approximate surface area is 124 Å². The van der Waals surface area contributed by atoms with Gasteiger partial charge in [0.1, 0.15) is 0 Å². The lowest BCUT2D eigenvalue weighted by molar-refractivity contribution is -0.139. The molecular weight excluding hydrogens is 268 g/mol. The summed E-state index contributed by atoms with van der Waals surface area (Å²) in [7, 11) is 0. The normalized spacial score (nSPS) is 49.9. The van der Waals surface area contributed by atoms with E-state index in [-0.39, 0.29) is 18.3 Å². The van der Waals surface area contributed by atoms with Gasteiger partial charge in [0.2, 0.25) is 0 Å². The molecule has 0 aliphatic heterocycles. The molecule has 4 fully saturated rings. The fraction of sp³-hybridized carbons (Fsp3) is 0.765. The molecule has 4 saturated carbocycles. The first-order chi connectivity index (χ1) is 10.1. The monoisotopic (exact) mass is 290 g/mol. The minimum atomic E-state index is -0.920. The summed E-state index contributed by atoms with van der Waals surface area (Å²) in [4.78, 5) is 22.1. The van der Waals surface area contributed by atoms with Gasteiger partial charge in [-0.3, -0.25) is 4.79 Å². The van der Waals surface area contributed by atoms with Gasteiger partial charge in [-0.25, -0.2) is 4.79 Å². The average Bonchev–Trinajstić information content (AvgIpc) is 3.13. The van der Waals surface area contributed by atoms with Crippen LogP contribution in [0.2, 0.25) is 0 Å². The van der Waals surface area contributed by atoms with E-state index < -0.39 is 11.9 Å². The van der Waals surface area contributed by atoms with E-state index in [1.165, 1.54) is 25.3 Å². The van der Waals surface area contributed by atoms with E-state index in [9.17, 15) is 14.7 Å². The Hall–Kier alpha value is -1.32. The SMILES string of the molecule is O=C(O)/C=C/C1C(CC(=O)O)C2CC1C1C3CCC(C3)C21. The molecule has 4 aliphatic carbocycles. The fourth-order valence-corrected chi connectivity index (χ4v) is 6.72. The predicted molar refractivity (Wildman–Crippen MR) is 75.4 cm³/mol. The summed E-state index contributed by atoms with van der Waals surface area (Å²) in [6, 6.07) is 0. The maximum Gasteiger partial charge on any atom is 0.327 e. The summed E-state index contributed by atoms with van der Waals surface area (Å²) in [5.74, 6) is 2.89. The van der Waals surface area contributed by atoms with E-state index >= 15 is 0 Å². The maximum absolute atomic E-state index is 11.2. The first kappa shape index (κ1) is 13.4. The largest absolute Gasteiger partial charge is 0.481 e. The molecule has 0 spiro atoms. The van der Waals surface area contributed by atoms with Gasteiger partial charge in [-0.05, 0) is 73.0 Å². The molecular formula is C17H22O4. The number of carboxylic acid groups (broad SMARTS) is 2. The molecule has 0 amide bonds. The van der Waals surface area contributed by atoms with Crippen molar-refractivity contribution in [1.29, 1.82) is 0 Å². The topological polar surface area (TPSA) is 74.6 Å². The molecule has 21 heavy (non-hydrogen) atoms. The smallest absolute Gasteiger partial charge is 0.327 e. The van der Waals surface area contributed by atoms with E-state index in [0.717, 1.165) is 30.1 Å². The van der Waals surface area contributed by atoms with Crippen LogP contribution < -0.4 is 0 Å². The summed E-state index contributed by atoms with van der Waals surface area (Å²) in [6.45, 7) is 0. The van der Waals surface area contributed by atoms with Crippen LogP contribution in [0.5, 0.6) is 0 Å². The molecule has 0 aromatic carbocycles. The van der Waals surface area contributed by atoms with Crippen LogP contribution >= 0.6 is 0 Å². The van der Waals surface area contributed by atoms with Crippen molar-refractivity contribution < 1.29 is 19.8 Å². The lowest BCUT2D eigenvalue weighted by atomic mass is 9.62. The molecule has 4 nitrogen and oxygen atoms in total. The van der Waals surface area contributed by atoms with Crippen molar-refractivity contribution in [1.82, 2.24) is 0 Å². The van der Waals surface area contributed by atoms with Gasteiger partial charge < -0.3 is 10.2 Å². The van der Waals surface area contributed by atoms with E-state index in [1.807, 2.05) is 6.08 Å². The first-order valence-electron chi connectivity index (χ1n) is 8.19. The van der Waals surface area contributed by atoms with Gasteiger partial charge in [-0.15, -0.1) is 0 Å². The zero-order valence-electron chi connectivity index (χ0n) is 12.0. The van der Waals surface area contributed by atoms with Gasteiger partial charge in [0.15, 0.2) is 0 Å². The van der Waals surface area contributed by atoms with Crippen LogP contribution in [0.4, 0.5) is 0 Å². The number of hydrogen-bond acceptors (Lipinski definition) is 2. The second kappa shape index (κ2) is 4.59. The lowest BCUT2D eigenvalue weighted by Crippen LogP contribution is -2.38. The van der Waals surface area contributed by atoms with E-state index in [2.05, 4.69) is 0 Å². The van der Waals surface area contributed by atoms with Crippen molar-refractivity contribution in [2.75, 3.05) is 0 Å². The summed E-state index contributed by atoms with van der Waals surface area (Å²) in [5, 5.41) is 18.1. The Kier molecular flexibility index (Phi) is 2.92. The summed E-state index contributed by atoms with van der Waals surface area (Å²) >= 11 is 0. The summed E-state index contributed by atoms with van der Waals surface area (Å²) in [5.41, 5.74) is 0. The second-order valence-electron chi connectivity index (χ2n) is 7.59. The number of fused-ring (bicyclic) bond motifs is 9. The van der Waals surface area contributed by atoms with E-state index in [0.29, 0.717) is 11.8 Å². The fourth-order valence-electron chi connectivity index (χ4n) is 6.72. The van der Waals surface area contributed by atoms with Crippen LogP contribution in [0.25, 0.3) is 0 Å². The molecule has 0 aromatic heterocycles. The number of allylic oxidation sites excluding steroid dienone is 1. The van der Waals surface area contributed by atoms with Crippen LogP contribution in [-0.4, -0.2) is 22.2 Å². The quantitative estimate of drug-likeness (QED) is 0.616. The molecule has 0 saturated heterocycles. The maximum atomic E-state index is 11.2. The lowest BCUT2D eigenvalue weighted by Gasteiger charge is -2.42. The van der Waals surface area contributed by atoms with Crippen molar-refractivity contribution >= 4 is 11.9 Å². The number of hydrogen-bond donors (Lipinski definition) is 2. The molecule has 8 atom stereocenters. The third kappa shape index (κ3) is 1.87. The molecule has 0 heterocycles. The van der Waals surface area contributed by atoms with Gasteiger partial charge in [-0.2, -0.15) is 0 Å². The van der Waals surface area contributed by atoms with Gasteiger partial charge in [0.05, 0.1) is 0 Å². The Morgan fingerprint density at radius 3 is 2.29 bits per heavy atom. The molecule has 114 valence electrons. The minimum absolute atomic E-state index is 0.156. The standard InChI is InChI=1S/C17H22O4/c18-14(19)4-3-10-11(7-15(20)21)13-6-12(10)16-8-1-2-9(5-8)17(13)16/h3-4,8-13,16-17H,1-2,5-7H2,(H,18,19)(H,20,21)/b4-3+. The Morgan fingerprint density at radius 1 is 1.00 bits per heavy atom. The Balaban J connectivity index is 1.63. The number of carboxylic acids is 2. The zero-order chi connectivity index (χ0) is 14.7. The van der Waals surface area contributed by atoms with Crippen molar-refractivity contribution in [3.05, 3.63) is 12.2 Å². The van der Waals surface area contributed by atoms with Gasteiger partial charge in [0.25, 0.3) is 0 Å². The van der Waals surface area contributed by atoms with E-state index in [4.69, 9.17) is 5.11 Å². The highest BCUT2D eigenvalue weighted by atomic mass is 16.4. The third-order valence-corrected chi connectivity index (χ3v) is 6.99. The molecule has 4 heteroatoms. The summed E-state index contributed by atoms with van der Waals surface area (Å²) < 4.78 is 0. The van der Waals surface area contributed by atoms with Gasteiger partial charge >= 0.3 is 11.9 Å². The summed E-state index contributed by atoms with van der Waals surface area (Å²) in [6.07, 6.45) is 8.41. The van der Waals surface area contributed by atoms with Crippen LogP contribution in [0.3, 0.4) is 0 Å². The first-order valence-corrected chi connectivity index (χ1v) is 8.19. The van der Waals surface area contributed by atoms with Crippen molar-refractivity contribution in [3.63, 3.8) is 0 Å². The second-order valence-corrected chi connectivity index (χ2v) is 7.59. The van der Waals surface area contributed by atoms with Crippen molar-refractivity contribution in [2.45, 2.75) is 32.1 Å². The van der Waals surface area contributed by atoms with Gasteiger partial charge in [-0.1, -0.05) is 6.08 Å². The highest BCUT2D eigenvalue weighted by Gasteiger charge is 2.65. The Bertz CT molecular complexity index is 511. The number of carbonyl (C=O) groups is 2. The highest BCUT2D eigenvalue weighted by Crippen LogP contribution is 2.70. The van der Waals surface area contributed by atoms with Crippen LogP contribution in [-0.2, 0) is 9.59 Å². The zero-order valence-corrected chi connectivity index (χ0v) is 12.0. The molecule has 4 aliphatic rings. The van der Waals surface area contributed by atoms with Crippen molar-refractivity contribution in [3.8, 4) is 0 Å². The molecule has 0 radical (unpaired) electrons.